The van der Waals surface area contributed by atoms with E-state index in [4.69, 9.17) is 26.8 Å². The molecule has 37 heavy (non-hydrogen) atoms. The molecule has 2 aromatic carbocycles. The maximum Gasteiger partial charge on any atom is 0.237 e. The summed E-state index contributed by atoms with van der Waals surface area (Å²) in [6.45, 7) is 6.79. The van der Waals surface area contributed by atoms with Gasteiger partial charge in [0.1, 0.15) is 18.4 Å². The van der Waals surface area contributed by atoms with Crippen LogP contribution in [0.2, 0.25) is 5.02 Å². The number of halogens is 1. The Morgan fingerprint density at radius 3 is 2.35 bits per heavy atom. The topological polar surface area (TPSA) is 140 Å². The number of ether oxygens (including phenoxy) is 2. The van der Waals surface area contributed by atoms with E-state index in [0.717, 1.165) is 23.8 Å². The van der Waals surface area contributed by atoms with Gasteiger partial charge in [0, 0.05) is 12.0 Å². The molecule has 3 aromatic rings. The Morgan fingerprint density at radius 1 is 1.08 bits per heavy atom. The first-order valence-corrected chi connectivity index (χ1v) is 13.9. The third-order valence-corrected chi connectivity index (χ3v) is 6.45. The molecule has 0 radical (unpaired) electrons. The van der Waals surface area contributed by atoms with Crippen LogP contribution in [0.5, 0.6) is 11.5 Å². The second-order valence-corrected chi connectivity index (χ2v) is 11.1. The number of hydrogen-bond acceptors (Lipinski definition) is 8. The van der Waals surface area contributed by atoms with Crippen molar-refractivity contribution < 1.29 is 17.9 Å². The Bertz CT molecular complexity index is 1400. The fourth-order valence-electron chi connectivity index (χ4n) is 3.62. The van der Waals surface area contributed by atoms with Gasteiger partial charge >= 0.3 is 0 Å². The number of aromatic nitrogens is 2. The second kappa shape index (κ2) is 11.8. The van der Waals surface area contributed by atoms with Gasteiger partial charge in [0.05, 0.1) is 34.8 Å². The van der Waals surface area contributed by atoms with Gasteiger partial charge in [-0.2, -0.15) is 5.26 Å². The van der Waals surface area contributed by atoms with Crippen LogP contribution in [0.1, 0.15) is 55.3 Å². The smallest absolute Gasteiger partial charge is 0.237 e. The van der Waals surface area contributed by atoms with Crippen molar-refractivity contribution in [3.05, 3.63) is 75.6 Å². The number of nitrogens with one attached hydrogen (secondary N) is 1. The zero-order valence-electron chi connectivity index (χ0n) is 21.2. The zero-order valence-corrected chi connectivity index (χ0v) is 22.8. The number of hydrogen-bond donors (Lipinski definition) is 2. The third kappa shape index (κ3) is 7.32. The van der Waals surface area contributed by atoms with Crippen LogP contribution in [0.25, 0.3) is 0 Å². The second-order valence-electron chi connectivity index (χ2n) is 8.99. The molecule has 0 aliphatic rings. The molecule has 0 aliphatic heterocycles. The molecule has 11 heteroatoms. The summed E-state index contributed by atoms with van der Waals surface area (Å²) in [5.74, 6) is 0.957. The van der Waals surface area contributed by atoms with Crippen LogP contribution >= 0.6 is 11.6 Å². The molecule has 0 amide bonds. The van der Waals surface area contributed by atoms with Crippen molar-refractivity contribution >= 4 is 27.6 Å². The third-order valence-electron chi connectivity index (χ3n) is 5.62. The fourth-order valence-corrected chi connectivity index (χ4v) is 4.32. The molecule has 196 valence electrons. The van der Waals surface area contributed by atoms with Gasteiger partial charge in [-0.05, 0) is 47.9 Å². The summed E-state index contributed by atoms with van der Waals surface area (Å²) in [7, 11) is -3.53. The Balaban J connectivity index is 1.79. The molecule has 3 N–H and O–H groups in total. The minimum atomic E-state index is -3.53. The lowest BCUT2D eigenvalue weighted by molar-refractivity contribution is 0.301. The van der Waals surface area contributed by atoms with Crippen molar-refractivity contribution in [2.45, 2.75) is 45.8 Å². The molecule has 0 unspecified atom stereocenters. The lowest BCUT2D eigenvalue weighted by Crippen LogP contribution is -2.19. The minimum Gasteiger partial charge on any atom is -0.491 e. The maximum atomic E-state index is 11.5. The molecule has 0 bridgehead atoms. The van der Waals surface area contributed by atoms with Crippen LogP contribution in [0.3, 0.4) is 0 Å². The quantitative estimate of drug-likeness (QED) is 0.359. The summed E-state index contributed by atoms with van der Waals surface area (Å²) in [4.78, 5) is 8.28. The van der Waals surface area contributed by atoms with E-state index in [1.165, 1.54) is 0 Å². The number of nitriles is 1. The van der Waals surface area contributed by atoms with Crippen molar-refractivity contribution in [3.8, 4) is 17.6 Å². The largest absolute Gasteiger partial charge is 0.491 e. The van der Waals surface area contributed by atoms with Gasteiger partial charge in [0.25, 0.3) is 0 Å². The van der Waals surface area contributed by atoms with E-state index in [0.29, 0.717) is 40.1 Å². The summed E-state index contributed by atoms with van der Waals surface area (Å²) in [6, 6.07) is 15.1. The molecule has 0 fully saturated rings. The van der Waals surface area contributed by atoms with Crippen LogP contribution in [-0.2, 0) is 28.6 Å². The van der Waals surface area contributed by atoms with E-state index >= 15 is 0 Å². The lowest BCUT2D eigenvalue weighted by atomic mass is 9.77. The lowest BCUT2D eigenvalue weighted by Gasteiger charge is -2.27. The summed E-state index contributed by atoms with van der Waals surface area (Å²) >= 11 is 6.48. The first kappa shape index (κ1) is 28.2. The predicted molar refractivity (Wildman–Crippen MR) is 143 cm³/mol. The highest BCUT2D eigenvalue weighted by molar-refractivity contribution is 7.91. The predicted octanol–water partition coefficient (Wildman–Crippen LogP) is 4.53. The van der Waals surface area contributed by atoms with Crippen molar-refractivity contribution in [1.29, 1.82) is 5.26 Å². The monoisotopic (exact) mass is 543 g/mol. The number of nitrogens with zero attached hydrogens (tertiary/aromatic N) is 3. The van der Waals surface area contributed by atoms with Crippen LogP contribution in [0.15, 0.2) is 42.5 Å². The van der Waals surface area contributed by atoms with E-state index in [2.05, 4.69) is 20.8 Å². The highest BCUT2D eigenvalue weighted by atomic mass is 35.5. The number of anilines is 1. The summed E-state index contributed by atoms with van der Waals surface area (Å²) in [5.41, 5.74) is 8.47. The van der Waals surface area contributed by atoms with Crippen LogP contribution in [0.4, 0.5) is 5.95 Å². The molecule has 1 heterocycles. The maximum absolute atomic E-state index is 11.5. The van der Waals surface area contributed by atoms with Crippen LogP contribution in [0, 0.1) is 11.3 Å². The van der Waals surface area contributed by atoms with Gasteiger partial charge in [0.15, 0.2) is 5.75 Å². The van der Waals surface area contributed by atoms with E-state index < -0.39 is 15.4 Å². The van der Waals surface area contributed by atoms with E-state index in [-0.39, 0.29) is 19.1 Å². The van der Waals surface area contributed by atoms with Crippen LogP contribution < -0.4 is 19.9 Å². The van der Waals surface area contributed by atoms with Gasteiger partial charge in [-0.15, -0.1) is 0 Å². The number of nitrogens with two attached hydrogens (primary N) is 1. The van der Waals surface area contributed by atoms with Crippen LogP contribution in [-0.4, -0.2) is 31.2 Å². The minimum absolute atomic E-state index is 0.0531. The average Bonchev–Trinajstić information content (AvgIpc) is 2.85. The summed E-state index contributed by atoms with van der Waals surface area (Å²) in [6.07, 6.45) is 1.83. The first-order valence-electron chi connectivity index (χ1n) is 11.6. The molecular weight excluding hydrogens is 514 g/mol. The van der Waals surface area contributed by atoms with Gasteiger partial charge in [0.2, 0.25) is 16.0 Å². The van der Waals surface area contributed by atoms with Gasteiger partial charge < -0.3 is 15.2 Å². The Morgan fingerprint density at radius 2 is 1.76 bits per heavy atom. The molecule has 0 aliphatic carbocycles. The molecular formula is C26H30ClN5O4S. The Hall–Kier alpha value is -3.39. The summed E-state index contributed by atoms with van der Waals surface area (Å²) < 4.78 is 36.9. The molecule has 3 rings (SSSR count). The molecule has 1 aromatic heterocycles. The zero-order chi connectivity index (χ0) is 27.2. The molecule has 9 nitrogen and oxygen atoms in total. The molecule has 0 saturated carbocycles. The van der Waals surface area contributed by atoms with E-state index in [9.17, 15) is 13.7 Å². The SMILES string of the molecule is CCCOc1c(Cl)cc(C(C)(C)c2ccc(OCc3cc(CN)nc(NS(C)(=O)=O)n3)cc2)cc1C#N. The number of sulfonamides is 1. The van der Waals surface area contributed by atoms with E-state index in [1.54, 1.807) is 6.07 Å². The Labute approximate surface area is 222 Å². The highest BCUT2D eigenvalue weighted by Crippen LogP contribution is 2.38. The normalized spacial score (nSPS) is 11.6. The molecule has 0 spiro atoms. The van der Waals surface area contributed by atoms with Gasteiger partial charge in [-0.3, -0.25) is 4.72 Å². The molecule has 0 atom stereocenters. The fraction of sp³-hybridized carbons (Fsp3) is 0.346. The standard InChI is InChI=1S/C26H30ClN5O4S/c1-5-10-35-24-17(14-28)11-19(12-23(24)27)26(2,3)18-6-8-22(9-7-18)36-16-21-13-20(15-29)30-25(31-21)32-37(4,33)34/h6-9,11-13H,5,10,15-16,29H2,1-4H3,(H,30,31,32). The summed E-state index contributed by atoms with van der Waals surface area (Å²) in [5, 5.41) is 10.0. The Kier molecular flexibility index (Phi) is 8.97. The van der Waals surface area contributed by atoms with Gasteiger partial charge in [-0.1, -0.05) is 44.5 Å². The first-order chi connectivity index (χ1) is 17.5. The number of benzene rings is 2. The van der Waals surface area contributed by atoms with E-state index in [1.807, 2.05) is 57.2 Å². The van der Waals surface area contributed by atoms with Crippen molar-refractivity contribution in [3.63, 3.8) is 0 Å². The van der Waals surface area contributed by atoms with Gasteiger partial charge in [-0.25, -0.2) is 18.4 Å². The van der Waals surface area contributed by atoms with Crippen molar-refractivity contribution in [2.75, 3.05) is 17.6 Å². The highest BCUT2D eigenvalue weighted by Gasteiger charge is 2.26. The van der Waals surface area contributed by atoms with Crippen molar-refractivity contribution in [1.82, 2.24) is 9.97 Å². The molecule has 0 saturated heterocycles. The van der Waals surface area contributed by atoms with Crippen molar-refractivity contribution in [2.24, 2.45) is 5.73 Å². The average molecular weight is 544 g/mol. The number of rotatable bonds is 11.